The molecule has 7 nitrogen and oxygen atoms in total. The molecule has 2 atom stereocenters. The molecule has 22 heavy (non-hydrogen) atoms. The molecule has 0 spiro atoms. The zero-order chi connectivity index (χ0) is 16.7. The highest BCUT2D eigenvalue weighted by Crippen LogP contribution is 2.24. The number of piperidine rings is 1. The highest BCUT2D eigenvalue weighted by atomic mass is 16.3. The van der Waals surface area contributed by atoms with Gasteiger partial charge in [0.25, 0.3) is 5.91 Å². The summed E-state index contributed by atoms with van der Waals surface area (Å²) in [6.45, 7) is 7.65. The summed E-state index contributed by atoms with van der Waals surface area (Å²) in [5, 5.41) is 19.9. The number of carbonyl (C=O) groups excluding carboxylic acids is 1. The number of amides is 1. The van der Waals surface area contributed by atoms with Crippen LogP contribution in [0.2, 0.25) is 0 Å². The molecule has 0 unspecified atom stereocenters. The maximum Gasteiger partial charge on any atom is 0.345 e. The minimum absolute atomic E-state index is 0.0190. The predicted octanol–water partition coefficient (Wildman–Crippen LogP) is 0.0252. The van der Waals surface area contributed by atoms with Crippen LogP contribution in [0, 0.1) is 0 Å². The van der Waals surface area contributed by atoms with Gasteiger partial charge in [-0.25, -0.2) is 4.79 Å². The molecule has 0 saturated carbocycles. The van der Waals surface area contributed by atoms with Gasteiger partial charge in [-0.15, -0.1) is 0 Å². The number of likely N-dealkylation sites (tertiary alicyclic amines) is 1. The molecule has 1 fully saturated rings. The summed E-state index contributed by atoms with van der Waals surface area (Å²) in [7, 11) is 0. The molecule has 7 heteroatoms. The van der Waals surface area contributed by atoms with Crippen molar-refractivity contribution in [3.8, 4) is 0 Å². The summed E-state index contributed by atoms with van der Waals surface area (Å²) in [6, 6.07) is 1.57. The summed E-state index contributed by atoms with van der Waals surface area (Å²) in [5.74, 6) is -0.411. The van der Waals surface area contributed by atoms with Crippen LogP contribution < -0.4 is 5.69 Å². The van der Waals surface area contributed by atoms with Crippen molar-refractivity contribution in [2.45, 2.75) is 51.2 Å². The zero-order valence-electron chi connectivity index (χ0n) is 13.4. The third-order valence-electron chi connectivity index (χ3n) is 4.06. The molecule has 0 radical (unpaired) electrons. The minimum atomic E-state index is -1.20. The van der Waals surface area contributed by atoms with Crippen LogP contribution >= 0.6 is 0 Å². The molecule has 1 aliphatic rings. The van der Waals surface area contributed by atoms with Crippen molar-refractivity contribution in [3.05, 3.63) is 27.9 Å². The maximum atomic E-state index is 12.5. The van der Waals surface area contributed by atoms with E-state index in [1.165, 1.54) is 4.90 Å². The number of aromatic nitrogens is 2. The van der Waals surface area contributed by atoms with Gasteiger partial charge >= 0.3 is 5.69 Å². The van der Waals surface area contributed by atoms with Gasteiger partial charge < -0.3 is 20.1 Å². The molecule has 0 aromatic carbocycles. The minimum Gasteiger partial charge on any atom is -0.388 e. The van der Waals surface area contributed by atoms with Crippen LogP contribution in [0.15, 0.2) is 10.9 Å². The molecule has 0 aliphatic carbocycles. The Kier molecular flexibility index (Phi) is 4.14. The molecule has 1 saturated heterocycles. The summed E-state index contributed by atoms with van der Waals surface area (Å²) < 4.78 is 0. The summed E-state index contributed by atoms with van der Waals surface area (Å²) in [4.78, 5) is 32.0. The molecule has 0 bridgehead atoms. The van der Waals surface area contributed by atoms with E-state index in [-0.39, 0.29) is 24.1 Å². The van der Waals surface area contributed by atoms with Gasteiger partial charge in [-0.3, -0.25) is 4.79 Å². The molecule has 1 aromatic rings. The van der Waals surface area contributed by atoms with Crippen molar-refractivity contribution in [2.24, 2.45) is 0 Å². The molecule has 122 valence electrons. The SMILES string of the molecule is CC(C)(C)c1cc(C(=O)N2CC[C@](C)(O)[C@H](O)C2)nc(=O)[nH]1. The van der Waals surface area contributed by atoms with Crippen LogP contribution in [0.5, 0.6) is 0 Å². The second-order valence-electron chi connectivity index (χ2n) is 7.11. The number of rotatable bonds is 1. The number of aliphatic hydroxyl groups excluding tert-OH is 1. The zero-order valence-corrected chi connectivity index (χ0v) is 13.4. The Morgan fingerprint density at radius 2 is 2.14 bits per heavy atom. The fraction of sp³-hybridized carbons (Fsp3) is 0.667. The van der Waals surface area contributed by atoms with E-state index < -0.39 is 23.3 Å². The summed E-state index contributed by atoms with van der Waals surface area (Å²) >= 11 is 0. The van der Waals surface area contributed by atoms with Gasteiger partial charge in [-0.2, -0.15) is 4.98 Å². The van der Waals surface area contributed by atoms with Crippen LogP contribution in [-0.4, -0.2) is 55.8 Å². The summed E-state index contributed by atoms with van der Waals surface area (Å²) in [5.41, 5.74) is -1.40. The van der Waals surface area contributed by atoms with Crippen molar-refractivity contribution in [1.82, 2.24) is 14.9 Å². The van der Waals surface area contributed by atoms with Crippen LogP contribution in [0.4, 0.5) is 0 Å². The fourth-order valence-corrected chi connectivity index (χ4v) is 2.34. The first-order chi connectivity index (χ1) is 10.0. The molecule has 2 rings (SSSR count). The number of nitrogens with one attached hydrogen (secondary N) is 1. The topological polar surface area (TPSA) is 107 Å². The molecular weight excluding hydrogens is 286 g/mol. The van der Waals surface area contributed by atoms with E-state index in [9.17, 15) is 19.8 Å². The van der Waals surface area contributed by atoms with Crippen molar-refractivity contribution >= 4 is 5.91 Å². The van der Waals surface area contributed by atoms with Crippen molar-refractivity contribution < 1.29 is 15.0 Å². The Morgan fingerprint density at radius 1 is 1.50 bits per heavy atom. The highest BCUT2D eigenvalue weighted by Gasteiger charge is 2.38. The van der Waals surface area contributed by atoms with Crippen LogP contribution in [0.25, 0.3) is 0 Å². The fourth-order valence-electron chi connectivity index (χ4n) is 2.34. The third-order valence-corrected chi connectivity index (χ3v) is 4.06. The van der Waals surface area contributed by atoms with Gasteiger partial charge in [-0.05, 0) is 19.4 Å². The maximum absolute atomic E-state index is 12.5. The quantitative estimate of drug-likeness (QED) is 0.678. The second-order valence-corrected chi connectivity index (χ2v) is 7.11. The predicted molar refractivity (Wildman–Crippen MR) is 80.7 cm³/mol. The number of β-amino-alcohol motifs (C(OH)–C–C–N with tert-alkyl or cyclic N) is 1. The normalized spacial score (nSPS) is 26.1. The average molecular weight is 309 g/mol. The van der Waals surface area contributed by atoms with E-state index in [4.69, 9.17) is 0 Å². The monoisotopic (exact) mass is 309 g/mol. The molecule has 1 aromatic heterocycles. The van der Waals surface area contributed by atoms with Crippen LogP contribution in [0.3, 0.4) is 0 Å². The van der Waals surface area contributed by atoms with E-state index in [0.717, 1.165) is 0 Å². The van der Waals surface area contributed by atoms with Crippen molar-refractivity contribution in [1.29, 1.82) is 0 Å². The van der Waals surface area contributed by atoms with Crippen molar-refractivity contribution in [3.63, 3.8) is 0 Å². The average Bonchev–Trinajstić information content (AvgIpc) is 2.39. The Labute approximate surface area is 129 Å². The lowest BCUT2D eigenvalue weighted by Gasteiger charge is -2.39. The number of hydrogen-bond acceptors (Lipinski definition) is 5. The van der Waals surface area contributed by atoms with E-state index in [1.54, 1.807) is 13.0 Å². The number of hydrogen-bond donors (Lipinski definition) is 3. The Morgan fingerprint density at radius 3 is 2.68 bits per heavy atom. The number of nitrogens with zero attached hydrogens (tertiary/aromatic N) is 2. The number of aromatic amines is 1. The van der Waals surface area contributed by atoms with Gasteiger partial charge in [0, 0.05) is 24.2 Å². The first kappa shape index (κ1) is 16.6. The first-order valence-corrected chi connectivity index (χ1v) is 7.32. The third kappa shape index (κ3) is 3.36. The largest absolute Gasteiger partial charge is 0.388 e. The Balaban J connectivity index is 2.27. The number of carbonyl (C=O) groups is 1. The van der Waals surface area contributed by atoms with Gasteiger partial charge in [0.05, 0.1) is 11.7 Å². The Bertz CT molecular complexity index is 630. The lowest BCUT2D eigenvalue weighted by atomic mass is 9.90. The van der Waals surface area contributed by atoms with E-state index in [2.05, 4.69) is 9.97 Å². The van der Waals surface area contributed by atoms with E-state index >= 15 is 0 Å². The summed E-state index contributed by atoms with van der Waals surface area (Å²) in [6.07, 6.45) is -0.746. The van der Waals surface area contributed by atoms with Crippen LogP contribution in [0.1, 0.15) is 50.3 Å². The molecule has 3 N–H and O–H groups in total. The molecule has 1 amide bonds. The standard InChI is InChI=1S/C15H23N3O4/c1-14(2,3)10-7-9(16-13(21)17-10)12(20)18-6-5-15(4,22)11(19)8-18/h7,11,19,22H,5-6,8H2,1-4H3,(H,16,17,21)/t11-,15+/m1/s1. The Hall–Kier alpha value is -1.73. The van der Waals surface area contributed by atoms with Crippen molar-refractivity contribution in [2.75, 3.05) is 13.1 Å². The number of H-pyrrole nitrogens is 1. The van der Waals surface area contributed by atoms with Gasteiger partial charge in [-0.1, -0.05) is 20.8 Å². The van der Waals surface area contributed by atoms with E-state index in [1.807, 2.05) is 20.8 Å². The van der Waals surface area contributed by atoms with Gasteiger partial charge in [0.2, 0.25) is 0 Å². The lowest BCUT2D eigenvalue weighted by molar-refractivity contribution is -0.1000. The van der Waals surface area contributed by atoms with Crippen LogP contribution in [-0.2, 0) is 5.41 Å². The molecule has 2 heterocycles. The molecular formula is C15H23N3O4. The smallest absolute Gasteiger partial charge is 0.345 e. The van der Waals surface area contributed by atoms with Gasteiger partial charge in [0.15, 0.2) is 0 Å². The van der Waals surface area contributed by atoms with Gasteiger partial charge in [0.1, 0.15) is 5.69 Å². The second kappa shape index (κ2) is 5.48. The number of aliphatic hydroxyl groups is 2. The van der Waals surface area contributed by atoms with E-state index in [0.29, 0.717) is 12.2 Å². The highest BCUT2D eigenvalue weighted by molar-refractivity contribution is 5.92. The lowest BCUT2D eigenvalue weighted by Crippen LogP contribution is -2.55. The first-order valence-electron chi connectivity index (χ1n) is 7.32. The molecule has 1 aliphatic heterocycles.